The number of carboxylic acid groups (broad SMARTS) is 1. The summed E-state index contributed by atoms with van der Waals surface area (Å²) in [7, 11) is 0. The maximum Gasteiger partial charge on any atom is 0.434 e. The van der Waals surface area contributed by atoms with Crippen LogP contribution in [-0.2, 0) is 6.18 Å². The molecule has 1 atom stereocenters. The SMILES string of the molecule is O=C(O)c1cnn(-c2ccc3c4c(cccc24)C(S)N3)c1C(F)(F)F. The number of aromatic carboxylic acids is 1. The van der Waals surface area contributed by atoms with Gasteiger partial charge in [0.2, 0.25) is 0 Å². The number of benzene rings is 2. The minimum atomic E-state index is -4.86. The van der Waals surface area contributed by atoms with Gasteiger partial charge in [-0.3, -0.25) is 0 Å². The fraction of sp³-hybridized carbons (Fsp3) is 0.125. The Hall–Kier alpha value is -2.68. The van der Waals surface area contributed by atoms with Crippen LogP contribution in [0.1, 0.15) is 27.0 Å². The van der Waals surface area contributed by atoms with Crippen LogP contribution < -0.4 is 5.32 Å². The number of anilines is 1. The summed E-state index contributed by atoms with van der Waals surface area (Å²) >= 11 is 4.42. The first-order valence-corrected chi connectivity index (χ1v) is 7.70. The zero-order valence-corrected chi connectivity index (χ0v) is 13.3. The molecule has 25 heavy (non-hydrogen) atoms. The predicted molar refractivity (Wildman–Crippen MR) is 88.4 cm³/mol. The molecule has 0 radical (unpaired) electrons. The van der Waals surface area contributed by atoms with Crippen molar-refractivity contribution >= 4 is 35.1 Å². The smallest absolute Gasteiger partial charge is 0.434 e. The number of carboxylic acids is 1. The van der Waals surface area contributed by atoms with Gasteiger partial charge in [0, 0.05) is 16.5 Å². The predicted octanol–water partition coefficient (Wildman–Crippen LogP) is 4.10. The molecule has 2 N–H and O–H groups in total. The zero-order chi connectivity index (χ0) is 17.9. The van der Waals surface area contributed by atoms with Crippen LogP contribution in [0.2, 0.25) is 0 Å². The molecule has 1 aliphatic rings. The molecular weight excluding hydrogens is 355 g/mol. The lowest BCUT2D eigenvalue weighted by atomic mass is 10.0. The highest BCUT2D eigenvalue weighted by Crippen LogP contribution is 2.43. The van der Waals surface area contributed by atoms with Crippen LogP contribution in [0, 0.1) is 0 Å². The average molecular weight is 365 g/mol. The highest BCUT2D eigenvalue weighted by Gasteiger charge is 2.41. The Morgan fingerprint density at radius 1 is 1.28 bits per heavy atom. The molecule has 1 aliphatic heterocycles. The van der Waals surface area contributed by atoms with E-state index in [1.807, 2.05) is 6.07 Å². The monoisotopic (exact) mass is 365 g/mol. The van der Waals surface area contributed by atoms with E-state index in [0.29, 0.717) is 16.3 Å². The van der Waals surface area contributed by atoms with Crippen molar-refractivity contribution in [3.05, 3.63) is 53.3 Å². The van der Waals surface area contributed by atoms with Gasteiger partial charge in [0.15, 0.2) is 5.69 Å². The molecule has 0 saturated heterocycles. The minimum absolute atomic E-state index is 0.157. The van der Waals surface area contributed by atoms with Gasteiger partial charge in [-0.25, -0.2) is 9.48 Å². The molecule has 2 aromatic carbocycles. The molecule has 128 valence electrons. The van der Waals surface area contributed by atoms with Gasteiger partial charge in [-0.1, -0.05) is 18.2 Å². The highest BCUT2D eigenvalue weighted by molar-refractivity contribution is 7.80. The van der Waals surface area contributed by atoms with E-state index in [1.54, 1.807) is 18.2 Å². The van der Waals surface area contributed by atoms with E-state index in [-0.39, 0.29) is 11.1 Å². The van der Waals surface area contributed by atoms with E-state index < -0.39 is 23.4 Å². The van der Waals surface area contributed by atoms with E-state index in [0.717, 1.165) is 16.6 Å². The molecule has 2 heterocycles. The van der Waals surface area contributed by atoms with Crippen LogP contribution in [0.5, 0.6) is 0 Å². The molecule has 0 saturated carbocycles. The van der Waals surface area contributed by atoms with Crippen molar-refractivity contribution in [2.24, 2.45) is 0 Å². The second-order valence-electron chi connectivity index (χ2n) is 5.57. The third-order valence-electron chi connectivity index (χ3n) is 4.13. The molecule has 1 unspecified atom stereocenters. The number of nitrogens with one attached hydrogen (secondary N) is 1. The number of thiol groups is 1. The van der Waals surface area contributed by atoms with Gasteiger partial charge in [0.25, 0.3) is 0 Å². The molecule has 0 fully saturated rings. The van der Waals surface area contributed by atoms with Gasteiger partial charge >= 0.3 is 12.1 Å². The first-order chi connectivity index (χ1) is 11.8. The van der Waals surface area contributed by atoms with Crippen molar-refractivity contribution < 1.29 is 23.1 Å². The Bertz CT molecular complexity index is 1030. The van der Waals surface area contributed by atoms with Gasteiger partial charge in [-0.2, -0.15) is 18.3 Å². The summed E-state index contributed by atoms with van der Waals surface area (Å²) < 4.78 is 41.1. The van der Waals surface area contributed by atoms with Gasteiger partial charge in [0.1, 0.15) is 5.56 Å². The maximum atomic E-state index is 13.5. The molecule has 9 heteroatoms. The largest absolute Gasteiger partial charge is 0.478 e. The Morgan fingerprint density at radius 3 is 2.72 bits per heavy atom. The van der Waals surface area contributed by atoms with E-state index >= 15 is 0 Å². The number of rotatable bonds is 2. The van der Waals surface area contributed by atoms with Crippen molar-refractivity contribution in [2.45, 2.75) is 11.6 Å². The normalized spacial score (nSPS) is 16.2. The fourth-order valence-corrected chi connectivity index (χ4v) is 3.49. The molecule has 0 aliphatic carbocycles. The van der Waals surface area contributed by atoms with E-state index in [1.165, 1.54) is 6.07 Å². The minimum Gasteiger partial charge on any atom is -0.478 e. The molecule has 0 spiro atoms. The number of halogens is 3. The van der Waals surface area contributed by atoms with Crippen LogP contribution in [0.25, 0.3) is 16.5 Å². The van der Waals surface area contributed by atoms with Crippen molar-refractivity contribution in [3.8, 4) is 5.69 Å². The van der Waals surface area contributed by atoms with E-state index in [2.05, 4.69) is 23.0 Å². The van der Waals surface area contributed by atoms with Crippen LogP contribution in [-0.4, -0.2) is 20.9 Å². The summed E-state index contributed by atoms with van der Waals surface area (Å²) in [5.41, 5.74) is -0.440. The molecule has 5 nitrogen and oxygen atoms in total. The second kappa shape index (κ2) is 5.16. The Balaban J connectivity index is 2.05. The van der Waals surface area contributed by atoms with Crippen molar-refractivity contribution in [3.63, 3.8) is 0 Å². The van der Waals surface area contributed by atoms with E-state index in [9.17, 15) is 18.0 Å². The molecule has 4 rings (SSSR count). The molecule has 0 amide bonds. The lowest BCUT2D eigenvalue weighted by molar-refractivity contribution is -0.143. The van der Waals surface area contributed by atoms with Gasteiger partial charge in [0.05, 0.1) is 17.3 Å². The Labute approximate surface area is 144 Å². The lowest BCUT2D eigenvalue weighted by Crippen LogP contribution is -2.17. The third kappa shape index (κ3) is 2.26. The number of nitrogens with zero attached hydrogens (tertiary/aromatic N) is 2. The first-order valence-electron chi connectivity index (χ1n) is 7.18. The number of carbonyl (C=O) groups is 1. The van der Waals surface area contributed by atoms with Crippen molar-refractivity contribution in [1.29, 1.82) is 0 Å². The highest BCUT2D eigenvalue weighted by atomic mass is 32.1. The maximum absolute atomic E-state index is 13.5. The van der Waals surface area contributed by atoms with Crippen molar-refractivity contribution in [2.75, 3.05) is 5.32 Å². The summed E-state index contributed by atoms with van der Waals surface area (Å²) in [5, 5.41) is 16.9. The topological polar surface area (TPSA) is 67.1 Å². The Kier molecular flexibility index (Phi) is 3.26. The molecular formula is C16H10F3N3O2S. The fourth-order valence-electron chi connectivity index (χ4n) is 3.14. The zero-order valence-electron chi connectivity index (χ0n) is 12.4. The summed E-state index contributed by atoms with van der Waals surface area (Å²) in [6.07, 6.45) is -4.15. The summed E-state index contributed by atoms with van der Waals surface area (Å²) in [6, 6.07) is 8.35. The quantitative estimate of drug-likeness (QED) is 0.598. The van der Waals surface area contributed by atoms with Crippen LogP contribution in [0.15, 0.2) is 36.5 Å². The number of aromatic nitrogens is 2. The van der Waals surface area contributed by atoms with Crippen LogP contribution in [0.3, 0.4) is 0 Å². The van der Waals surface area contributed by atoms with Crippen LogP contribution >= 0.6 is 12.6 Å². The third-order valence-corrected chi connectivity index (χ3v) is 4.54. The lowest BCUT2D eigenvalue weighted by Gasteiger charge is -2.14. The van der Waals surface area contributed by atoms with Gasteiger partial charge < -0.3 is 10.4 Å². The van der Waals surface area contributed by atoms with Gasteiger partial charge in [-0.05, 0) is 17.7 Å². The molecule has 0 bridgehead atoms. The number of alkyl halides is 3. The number of hydrogen-bond donors (Lipinski definition) is 3. The molecule has 1 aromatic heterocycles. The number of hydrogen-bond acceptors (Lipinski definition) is 4. The molecule has 3 aromatic rings. The average Bonchev–Trinajstić information content (AvgIpc) is 3.11. The standard InChI is InChI=1S/C16H10F3N3O2S/c17-16(18,19)13-9(15(23)24)6-20-22(13)11-5-4-10-12-7(11)2-1-3-8(12)14(25)21-10/h1-6,14,21,25H,(H,23,24). The van der Waals surface area contributed by atoms with Crippen molar-refractivity contribution in [1.82, 2.24) is 9.78 Å². The summed E-state index contributed by atoms with van der Waals surface area (Å²) in [4.78, 5) is 11.2. The van der Waals surface area contributed by atoms with E-state index in [4.69, 9.17) is 5.11 Å². The first kappa shape index (κ1) is 15.8. The Morgan fingerprint density at radius 2 is 2.04 bits per heavy atom. The van der Waals surface area contributed by atoms with Gasteiger partial charge in [-0.15, -0.1) is 12.6 Å². The van der Waals surface area contributed by atoms with Crippen LogP contribution in [0.4, 0.5) is 18.9 Å². The second-order valence-corrected chi connectivity index (χ2v) is 6.09. The summed E-state index contributed by atoms with van der Waals surface area (Å²) in [6.45, 7) is 0. The summed E-state index contributed by atoms with van der Waals surface area (Å²) in [5.74, 6) is -1.68.